The van der Waals surface area contributed by atoms with Crippen LogP contribution in [0.1, 0.15) is 16.7 Å². The molecule has 0 fully saturated rings. The van der Waals surface area contributed by atoms with Crippen molar-refractivity contribution in [2.24, 2.45) is 0 Å². The monoisotopic (exact) mass is 459 g/mol. The number of para-hydroxylation sites is 1. The zero-order chi connectivity index (χ0) is 23.5. The molecule has 0 aliphatic heterocycles. The van der Waals surface area contributed by atoms with Gasteiger partial charge in [0.15, 0.2) is 5.16 Å². The normalized spacial score (nSPS) is 10.9. The predicted molar refractivity (Wildman–Crippen MR) is 134 cm³/mol. The standard InChI is InChI=1S/C26H25N3O3S/c1-16-9-11-22(18(3)13-16)29-25(31)19-7-5-6-8-20(19)28-26(29)33-15-24(30)27-21-14-17(2)10-12-23(21)32-4/h5-14H,15H2,1-4H3,(H,27,30). The summed E-state index contributed by atoms with van der Waals surface area (Å²) in [7, 11) is 1.57. The third kappa shape index (κ3) is 4.78. The van der Waals surface area contributed by atoms with Crippen molar-refractivity contribution in [3.05, 3.63) is 87.7 Å². The van der Waals surface area contributed by atoms with Crippen LogP contribution >= 0.6 is 11.8 Å². The molecule has 0 saturated heterocycles. The van der Waals surface area contributed by atoms with Crippen LogP contribution in [-0.4, -0.2) is 28.3 Å². The van der Waals surface area contributed by atoms with Gasteiger partial charge in [0.2, 0.25) is 5.91 Å². The number of thioether (sulfide) groups is 1. The van der Waals surface area contributed by atoms with Crippen molar-refractivity contribution in [1.82, 2.24) is 9.55 Å². The molecule has 33 heavy (non-hydrogen) atoms. The van der Waals surface area contributed by atoms with Crippen LogP contribution in [0, 0.1) is 20.8 Å². The SMILES string of the molecule is COc1ccc(C)cc1NC(=O)CSc1nc2ccccc2c(=O)n1-c1ccc(C)cc1C. The molecule has 0 atom stereocenters. The highest BCUT2D eigenvalue weighted by molar-refractivity contribution is 7.99. The van der Waals surface area contributed by atoms with Gasteiger partial charge in [0.05, 0.1) is 35.1 Å². The summed E-state index contributed by atoms with van der Waals surface area (Å²) in [5, 5.41) is 3.91. The summed E-state index contributed by atoms with van der Waals surface area (Å²) >= 11 is 1.23. The van der Waals surface area contributed by atoms with Crippen LogP contribution in [-0.2, 0) is 4.79 Å². The summed E-state index contributed by atoms with van der Waals surface area (Å²) in [5.74, 6) is 0.473. The van der Waals surface area contributed by atoms with E-state index >= 15 is 0 Å². The number of hydrogen-bond acceptors (Lipinski definition) is 5. The number of hydrogen-bond donors (Lipinski definition) is 1. The first-order valence-electron chi connectivity index (χ1n) is 10.5. The van der Waals surface area contributed by atoms with Crippen molar-refractivity contribution in [3.63, 3.8) is 0 Å². The topological polar surface area (TPSA) is 73.2 Å². The molecule has 1 N–H and O–H groups in total. The lowest BCUT2D eigenvalue weighted by atomic mass is 10.1. The fourth-order valence-electron chi connectivity index (χ4n) is 3.71. The largest absolute Gasteiger partial charge is 0.495 e. The van der Waals surface area contributed by atoms with E-state index in [2.05, 4.69) is 5.32 Å². The van der Waals surface area contributed by atoms with Gasteiger partial charge >= 0.3 is 0 Å². The average Bonchev–Trinajstić information content (AvgIpc) is 2.79. The van der Waals surface area contributed by atoms with Crippen LogP contribution in [0.3, 0.4) is 0 Å². The Labute approximate surface area is 196 Å². The molecule has 0 unspecified atom stereocenters. The summed E-state index contributed by atoms with van der Waals surface area (Å²) in [6, 6.07) is 18.8. The lowest BCUT2D eigenvalue weighted by Crippen LogP contribution is -2.23. The first kappa shape index (κ1) is 22.6. The van der Waals surface area contributed by atoms with E-state index in [1.54, 1.807) is 17.7 Å². The van der Waals surface area contributed by atoms with Crippen LogP contribution < -0.4 is 15.6 Å². The zero-order valence-electron chi connectivity index (χ0n) is 19.0. The number of nitrogens with zero attached hydrogens (tertiary/aromatic N) is 2. The maximum Gasteiger partial charge on any atom is 0.266 e. The Hall–Kier alpha value is -3.58. The smallest absolute Gasteiger partial charge is 0.266 e. The van der Waals surface area contributed by atoms with Crippen molar-refractivity contribution in [2.75, 3.05) is 18.2 Å². The van der Waals surface area contributed by atoms with Crippen molar-refractivity contribution >= 4 is 34.3 Å². The molecule has 0 aliphatic carbocycles. The number of benzene rings is 3. The Kier molecular flexibility index (Phi) is 6.51. The molecule has 1 aromatic heterocycles. The van der Waals surface area contributed by atoms with Gasteiger partial charge in [0.25, 0.3) is 5.56 Å². The number of methoxy groups -OCH3 is 1. The second-order valence-electron chi connectivity index (χ2n) is 7.88. The number of ether oxygens (including phenoxy) is 1. The van der Waals surface area contributed by atoms with Crippen LogP contribution in [0.4, 0.5) is 5.69 Å². The number of aryl methyl sites for hydroxylation is 3. The molecule has 6 nitrogen and oxygen atoms in total. The molecule has 0 spiro atoms. The van der Waals surface area contributed by atoms with Crippen LogP contribution in [0.25, 0.3) is 16.6 Å². The number of rotatable bonds is 6. The molecule has 7 heteroatoms. The third-order valence-electron chi connectivity index (χ3n) is 5.30. The molecule has 0 radical (unpaired) electrons. The summed E-state index contributed by atoms with van der Waals surface area (Å²) in [5.41, 5.74) is 4.90. The number of amides is 1. The highest BCUT2D eigenvalue weighted by Crippen LogP contribution is 2.27. The average molecular weight is 460 g/mol. The van der Waals surface area contributed by atoms with E-state index in [1.807, 2.05) is 75.4 Å². The van der Waals surface area contributed by atoms with Crippen molar-refractivity contribution in [1.29, 1.82) is 0 Å². The maximum absolute atomic E-state index is 13.4. The van der Waals surface area contributed by atoms with Gasteiger partial charge in [-0.15, -0.1) is 0 Å². The number of aromatic nitrogens is 2. The van der Waals surface area contributed by atoms with E-state index < -0.39 is 0 Å². The lowest BCUT2D eigenvalue weighted by molar-refractivity contribution is -0.113. The number of carbonyl (C=O) groups is 1. The predicted octanol–water partition coefficient (Wildman–Crippen LogP) is 5.05. The highest BCUT2D eigenvalue weighted by Gasteiger charge is 2.17. The maximum atomic E-state index is 13.4. The van der Waals surface area contributed by atoms with E-state index in [-0.39, 0.29) is 17.2 Å². The summed E-state index contributed by atoms with van der Waals surface area (Å²) in [4.78, 5) is 30.9. The van der Waals surface area contributed by atoms with Gasteiger partial charge in [0, 0.05) is 0 Å². The van der Waals surface area contributed by atoms with Crippen LogP contribution in [0.15, 0.2) is 70.6 Å². The van der Waals surface area contributed by atoms with Gasteiger partial charge < -0.3 is 10.1 Å². The number of fused-ring (bicyclic) bond motifs is 1. The lowest BCUT2D eigenvalue weighted by Gasteiger charge is -2.16. The Morgan fingerprint density at radius 3 is 2.52 bits per heavy atom. The van der Waals surface area contributed by atoms with E-state index in [0.29, 0.717) is 27.5 Å². The molecule has 1 heterocycles. The molecule has 0 saturated carbocycles. The Morgan fingerprint density at radius 2 is 1.76 bits per heavy atom. The second-order valence-corrected chi connectivity index (χ2v) is 8.83. The molecular weight excluding hydrogens is 434 g/mol. The van der Waals surface area contributed by atoms with Gasteiger partial charge in [-0.25, -0.2) is 4.98 Å². The Balaban J connectivity index is 1.69. The van der Waals surface area contributed by atoms with E-state index in [0.717, 1.165) is 22.4 Å². The third-order valence-corrected chi connectivity index (χ3v) is 6.24. The molecule has 3 aromatic carbocycles. The molecule has 1 amide bonds. The van der Waals surface area contributed by atoms with Crippen LogP contribution in [0.5, 0.6) is 5.75 Å². The highest BCUT2D eigenvalue weighted by atomic mass is 32.2. The molecule has 0 bridgehead atoms. The van der Waals surface area contributed by atoms with Gasteiger partial charge in [-0.3, -0.25) is 14.2 Å². The fraction of sp³-hybridized carbons (Fsp3) is 0.192. The minimum atomic E-state index is -0.210. The minimum absolute atomic E-state index is 0.0901. The molecular formula is C26H25N3O3S. The fourth-order valence-corrected chi connectivity index (χ4v) is 4.52. The molecule has 4 rings (SSSR count). The minimum Gasteiger partial charge on any atom is -0.495 e. The number of anilines is 1. The first-order valence-corrected chi connectivity index (χ1v) is 11.5. The number of carbonyl (C=O) groups excluding carboxylic acids is 1. The van der Waals surface area contributed by atoms with Crippen molar-refractivity contribution in [3.8, 4) is 11.4 Å². The molecule has 168 valence electrons. The van der Waals surface area contributed by atoms with E-state index in [1.165, 1.54) is 11.8 Å². The van der Waals surface area contributed by atoms with E-state index in [4.69, 9.17) is 9.72 Å². The molecule has 4 aromatic rings. The molecule has 0 aliphatic rings. The summed E-state index contributed by atoms with van der Waals surface area (Å²) in [6.07, 6.45) is 0. The Bertz CT molecular complexity index is 1410. The van der Waals surface area contributed by atoms with Gasteiger partial charge in [-0.1, -0.05) is 47.7 Å². The summed E-state index contributed by atoms with van der Waals surface area (Å²) < 4.78 is 6.95. The Morgan fingerprint density at radius 1 is 1.03 bits per heavy atom. The first-order chi connectivity index (χ1) is 15.9. The van der Waals surface area contributed by atoms with Crippen molar-refractivity contribution in [2.45, 2.75) is 25.9 Å². The van der Waals surface area contributed by atoms with Gasteiger partial charge in [0.1, 0.15) is 5.75 Å². The zero-order valence-corrected chi connectivity index (χ0v) is 19.8. The van der Waals surface area contributed by atoms with E-state index in [9.17, 15) is 9.59 Å². The van der Waals surface area contributed by atoms with Crippen LogP contribution in [0.2, 0.25) is 0 Å². The van der Waals surface area contributed by atoms with Crippen molar-refractivity contribution < 1.29 is 9.53 Å². The second kappa shape index (κ2) is 9.50. The number of nitrogens with one attached hydrogen (secondary N) is 1. The van der Waals surface area contributed by atoms with Gasteiger partial charge in [-0.05, 0) is 62.2 Å². The quantitative estimate of drug-likeness (QED) is 0.323. The summed E-state index contributed by atoms with van der Waals surface area (Å²) in [6.45, 7) is 5.93. The van der Waals surface area contributed by atoms with Gasteiger partial charge in [-0.2, -0.15) is 0 Å².